The molecule has 4 heteroatoms. The van der Waals surface area contributed by atoms with Gasteiger partial charge in [0.25, 0.3) is 5.91 Å². The minimum Gasteiger partial charge on any atom is -0.410 e. The lowest BCUT2D eigenvalue weighted by Crippen LogP contribution is -2.25. The minimum absolute atomic E-state index is 0.0475. The third kappa shape index (κ3) is 1.58. The summed E-state index contributed by atoms with van der Waals surface area (Å²) in [5.41, 5.74) is 8.07. The zero-order valence-electron chi connectivity index (χ0n) is 8.23. The predicted molar refractivity (Wildman–Crippen MR) is 56.0 cm³/mol. The SMILES string of the molecule is NC(=O)/C(=N\O)c1cccc2c1CCC2. The molecule has 15 heavy (non-hydrogen) atoms. The Morgan fingerprint density at radius 3 is 2.87 bits per heavy atom. The molecule has 1 aromatic rings. The molecular weight excluding hydrogens is 192 g/mol. The maximum absolute atomic E-state index is 11.1. The van der Waals surface area contributed by atoms with Crippen molar-refractivity contribution in [3.05, 3.63) is 34.9 Å². The van der Waals surface area contributed by atoms with Crippen LogP contribution in [-0.4, -0.2) is 16.8 Å². The number of carbonyl (C=O) groups excluding carboxylic acids is 1. The number of aryl methyl sites for hydroxylation is 1. The summed E-state index contributed by atoms with van der Waals surface area (Å²) < 4.78 is 0. The maximum atomic E-state index is 11.1. The summed E-state index contributed by atoms with van der Waals surface area (Å²) in [6, 6.07) is 5.65. The van der Waals surface area contributed by atoms with Crippen LogP contribution < -0.4 is 5.73 Å². The summed E-state index contributed by atoms with van der Waals surface area (Å²) in [7, 11) is 0. The Morgan fingerprint density at radius 1 is 1.40 bits per heavy atom. The minimum atomic E-state index is -0.696. The van der Waals surface area contributed by atoms with Gasteiger partial charge in [-0.2, -0.15) is 0 Å². The molecule has 1 aromatic carbocycles. The largest absolute Gasteiger partial charge is 0.410 e. The molecule has 2 rings (SSSR count). The molecule has 0 atom stereocenters. The topological polar surface area (TPSA) is 75.7 Å². The molecule has 0 unspecified atom stereocenters. The molecule has 78 valence electrons. The molecule has 1 aliphatic carbocycles. The molecule has 1 aliphatic rings. The molecule has 0 spiro atoms. The number of hydrogen-bond donors (Lipinski definition) is 2. The van der Waals surface area contributed by atoms with Crippen molar-refractivity contribution in [2.45, 2.75) is 19.3 Å². The second-order valence-corrected chi connectivity index (χ2v) is 3.61. The zero-order valence-corrected chi connectivity index (χ0v) is 8.23. The standard InChI is InChI=1S/C11H12N2O2/c12-11(14)10(13-15)9-6-2-4-7-3-1-5-8(7)9/h2,4,6,15H,1,3,5H2,(H2,12,14)/b13-10-. The van der Waals surface area contributed by atoms with Crippen molar-refractivity contribution in [2.75, 3.05) is 0 Å². The number of primary amides is 1. The van der Waals surface area contributed by atoms with E-state index in [0.29, 0.717) is 5.56 Å². The first-order valence-electron chi connectivity index (χ1n) is 4.87. The van der Waals surface area contributed by atoms with E-state index in [1.807, 2.05) is 12.1 Å². The van der Waals surface area contributed by atoms with E-state index in [0.717, 1.165) is 24.8 Å². The molecule has 0 aromatic heterocycles. The van der Waals surface area contributed by atoms with Crippen LogP contribution in [0.5, 0.6) is 0 Å². The predicted octanol–water partition coefficient (Wildman–Crippen LogP) is 0.839. The lowest BCUT2D eigenvalue weighted by Gasteiger charge is -2.06. The lowest BCUT2D eigenvalue weighted by molar-refractivity contribution is -0.112. The van der Waals surface area contributed by atoms with Crippen LogP contribution in [0.2, 0.25) is 0 Å². The molecule has 0 radical (unpaired) electrons. The van der Waals surface area contributed by atoms with Crippen LogP contribution in [0.1, 0.15) is 23.1 Å². The molecule has 1 amide bonds. The van der Waals surface area contributed by atoms with Crippen molar-refractivity contribution >= 4 is 11.6 Å². The van der Waals surface area contributed by atoms with Crippen LogP contribution in [0.3, 0.4) is 0 Å². The van der Waals surface area contributed by atoms with Crippen molar-refractivity contribution in [1.82, 2.24) is 0 Å². The monoisotopic (exact) mass is 204 g/mol. The van der Waals surface area contributed by atoms with Gasteiger partial charge < -0.3 is 10.9 Å². The van der Waals surface area contributed by atoms with Gasteiger partial charge in [0.15, 0.2) is 5.71 Å². The lowest BCUT2D eigenvalue weighted by atomic mass is 9.99. The molecule has 0 heterocycles. The molecule has 0 bridgehead atoms. The highest BCUT2D eigenvalue weighted by atomic mass is 16.4. The first-order chi connectivity index (χ1) is 7.24. The molecule has 0 saturated carbocycles. The van der Waals surface area contributed by atoms with Gasteiger partial charge in [-0.05, 0) is 30.4 Å². The van der Waals surface area contributed by atoms with Gasteiger partial charge in [-0.1, -0.05) is 23.4 Å². The normalized spacial score (nSPS) is 15.1. The van der Waals surface area contributed by atoms with E-state index in [9.17, 15) is 4.79 Å². The van der Waals surface area contributed by atoms with Crippen molar-refractivity contribution in [2.24, 2.45) is 10.9 Å². The second kappa shape index (κ2) is 3.73. The average molecular weight is 204 g/mol. The van der Waals surface area contributed by atoms with Crippen LogP contribution in [-0.2, 0) is 17.6 Å². The summed E-state index contributed by atoms with van der Waals surface area (Å²) in [5.74, 6) is -0.696. The highest BCUT2D eigenvalue weighted by Gasteiger charge is 2.20. The Kier molecular flexibility index (Phi) is 2.41. The summed E-state index contributed by atoms with van der Waals surface area (Å²) >= 11 is 0. The third-order valence-corrected chi connectivity index (χ3v) is 2.73. The van der Waals surface area contributed by atoms with Crippen molar-refractivity contribution in [1.29, 1.82) is 0 Å². The summed E-state index contributed by atoms with van der Waals surface area (Å²) in [6.45, 7) is 0. The number of rotatable bonds is 2. The summed E-state index contributed by atoms with van der Waals surface area (Å²) in [4.78, 5) is 11.1. The van der Waals surface area contributed by atoms with Gasteiger partial charge >= 0.3 is 0 Å². The van der Waals surface area contributed by atoms with Gasteiger partial charge in [-0.25, -0.2) is 0 Å². The number of benzene rings is 1. The van der Waals surface area contributed by atoms with Gasteiger partial charge in [0.1, 0.15) is 0 Å². The zero-order chi connectivity index (χ0) is 10.8. The molecule has 3 N–H and O–H groups in total. The highest BCUT2D eigenvalue weighted by molar-refractivity contribution is 6.45. The fourth-order valence-corrected chi connectivity index (χ4v) is 2.08. The third-order valence-electron chi connectivity index (χ3n) is 2.73. The molecule has 0 fully saturated rings. The Bertz CT molecular complexity index is 438. The number of fused-ring (bicyclic) bond motifs is 1. The Morgan fingerprint density at radius 2 is 2.20 bits per heavy atom. The number of oxime groups is 1. The van der Waals surface area contributed by atoms with Gasteiger partial charge in [-0.15, -0.1) is 0 Å². The number of nitrogens with two attached hydrogens (primary N) is 1. The summed E-state index contributed by atoms with van der Waals surface area (Å²) in [5, 5.41) is 11.7. The first kappa shape index (κ1) is 9.71. The van der Waals surface area contributed by atoms with E-state index in [2.05, 4.69) is 5.16 Å². The molecule has 0 saturated heterocycles. The second-order valence-electron chi connectivity index (χ2n) is 3.61. The van der Waals surface area contributed by atoms with Crippen molar-refractivity contribution in [3.8, 4) is 0 Å². The molecule has 4 nitrogen and oxygen atoms in total. The summed E-state index contributed by atoms with van der Waals surface area (Å²) in [6.07, 6.45) is 3.00. The van der Waals surface area contributed by atoms with Gasteiger partial charge in [0, 0.05) is 5.56 Å². The first-order valence-corrected chi connectivity index (χ1v) is 4.87. The number of amides is 1. The van der Waals surface area contributed by atoms with Gasteiger partial charge in [0.05, 0.1) is 0 Å². The van der Waals surface area contributed by atoms with E-state index in [1.165, 1.54) is 5.56 Å². The Balaban J connectivity index is 2.54. The van der Waals surface area contributed by atoms with Crippen molar-refractivity contribution < 1.29 is 10.0 Å². The molecule has 0 aliphatic heterocycles. The number of nitrogens with zero attached hydrogens (tertiary/aromatic N) is 1. The van der Waals surface area contributed by atoms with E-state index in [1.54, 1.807) is 6.07 Å². The van der Waals surface area contributed by atoms with Crippen LogP contribution in [0, 0.1) is 0 Å². The number of hydrogen-bond acceptors (Lipinski definition) is 3. The van der Waals surface area contributed by atoms with Gasteiger partial charge in [-0.3, -0.25) is 4.79 Å². The smallest absolute Gasteiger partial charge is 0.271 e. The van der Waals surface area contributed by atoms with Crippen LogP contribution in [0.15, 0.2) is 23.4 Å². The van der Waals surface area contributed by atoms with Crippen LogP contribution in [0.4, 0.5) is 0 Å². The Hall–Kier alpha value is -1.84. The number of carbonyl (C=O) groups is 1. The van der Waals surface area contributed by atoms with Crippen LogP contribution >= 0.6 is 0 Å². The highest BCUT2D eigenvalue weighted by Crippen LogP contribution is 2.25. The fourth-order valence-electron chi connectivity index (χ4n) is 2.08. The fraction of sp³-hybridized carbons (Fsp3) is 0.273. The average Bonchev–Trinajstić information content (AvgIpc) is 2.66. The van der Waals surface area contributed by atoms with E-state index in [4.69, 9.17) is 10.9 Å². The Labute approximate surface area is 87.4 Å². The molecular formula is C11H12N2O2. The maximum Gasteiger partial charge on any atom is 0.271 e. The quantitative estimate of drug-likeness (QED) is 0.425. The van der Waals surface area contributed by atoms with E-state index in [-0.39, 0.29) is 5.71 Å². The van der Waals surface area contributed by atoms with E-state index >= 15 is 0 Å². The van der Waals surface area contributed by atoms with E-state index < -0.39 is 5.91 Å². The van der Waals surface area contributed by atoms with Crippen LogP contribution in [0.25, 0.3) is 0 Å². The van der Waals surface area contributed by atoms with Crippen molar-refractivity contribution in [3.63, 3.8) is 0 Å². The van der Waals surface area contributed by atoms with Gasteiger partial charge in [0.2, 0.25) is 0 Å².